The second-order valence-electron chi connectivity index (χ2n) is 8.38. The first kappa shape index (κ1) is 22.0. The van der Waals surface area contributed by atoms with Gasteiger partial charge in [0.1, 0.15) is 11.6 Å². The third kappa shape index (κ3) is 5.17. The van der Waals surface area contributed by atoms with Crippen molar-refractivity contribution in [1.29, 1.82) is 0 Å². The van der Waals surface area contributed by atoms with Crippen molar-refractivity contribution < 1.29 is 13.9 Å². The van der Waals surface area contributed by atoms with Crippen LogP contribution in [-0.4, -0.2) is 37.0 Å². The zero-order chi connectivity index (χ0) is 22.5. The Morgan fingerprint density at radius 1 is 1.03 bits per heavy atom. The Morgan fingerprint density at radius 3 is 2.34 bits per heavy atom. The fraction of sp³-hybridized carbons (Fsp3) is 0.296. The van der Waals surface area contributed by atoms with Gasteiger partial charge in [0.15, 0.2) is 0 Å². The number of anilines is 1. The van der Waals surface area contributed by atoms with Crippen LogP contribution in [0.15, 0.2) is 72.8 Å². The van der Waals surface area contributed by atoms with Crippen LogP contribution in [0.5, 0.6) is 5.75 Å². The van der Waals surface area contributed by atoms with Gasteiger partial charge < -0.3 is 9.64 Å². The lowest BCUT2D eigenvalue weighted by atomic mass is 9.99. The summed E-state index contributed by atoms with van der Waals surface area (Å²) in [6, 6.07) is 22.1. The number of aryl methyl sites for hydroxylation is 1. The highest BCUT2D eigenvalue weighted by molar-refractivity contribution is 6.06. The molecule has 0 bridgehead atoms. The van der Waals surface area contributed by atoms with E-state index in [1.807, 2.05) is 48.2 Å². The molecule has 0 radical (unpaired) electrons. The minimum absolute atomic E-state index is 0.0334. The van der Waals surface area contributed by atoms with Crippen molar-refractivity contribution in [2.75, 3.05) is 25.1 Å². The molecule has 0 atom stereocenters. The number of halogens is 1. The second kappa shape index (κ2) is 9.96. The number of rotatable bonds is 6. The second-order valence-corrected chi connectivity index (χ2v) is 8.38. The van der Waals surface area contributed by atoms with Gasteiger partial charge in [-0.3, -0.25) is 9.69 Å². The van der Waals surface area contributed by atoms with Gasteiger partial charge in [0, 0.05) is 36.9 Å². The fourth-order valence-electron chi connectivity index (χ4n) is 4.34. The number of ether oxygens (including phenoxy) is 1. The monoisotopic (exact) mass is 432 g/mol. The van der Waals surface area contributed by atoms with Crippen LogP contribution < -0.4 is 9.64 Å². The van der Waals surface area contributed by atoms with E-state index in [0.29, 0.717) is 5.56 Å². The maximum Gasteiger partial charge on any atom is 0.258 e. The molecule has 4 nitrogen and oxygen atoms in total. The van der Waals surface area contributed by atoms with Crippen molar-refractivity contribution in [1.82, 2.24) is 4.90 Å². The van der Waals surface area contributed by atoms with Gasteiger partial charge in [0.2, 0.25) is 0 Å². The Kier molecular flexibility index (Phi) is 6.86. The minimum atomic E-state index is -0.300. The average molecular weight is 433 g/mol. The quantitative estimate of drug-likeness (QED) is 0.519. The molecule has 0 spiro atoms. The van der Waals surface area contributed by atoms with Crippen molar-refractivity contribution in [3.63, 3.8) is 0 Å². The number of methoxy groups -OCH3 is 1. The molecule has 32 heavy (non-hydrogen) atoms. The molecule has 1 aliphatic rings. The molecule has 166 valence electrons. The van der Waals surface area contributed by atoms with E-state index < -0.39 is 0 Å². The molecule has 0 unspecified atom stereocenters. The smallest absolute Gasteiger partial charge is 0.258 e. The largest absolute Gasteiger partial charge is 0.497 e. The molecule has 1 aliphatic heterocycles. The summed E-state index contributed by atoms with van der Waals surface area (Å²) in [5, 5.41) is 0. The number of carbonyl (C=O) groups is 1. The Bertz CT molecular complexity index is 1040. The summed E-state index contributed by atoms with van der Waals surface area (Å²) in [7, 11) is 1.67. The predicted molar refractivity (Wildman–Crippen MR) is 126 cm³/mol. The molecular weight excluding hydrogens is 403 g/mol. The lowest BCUT2D eigenvalue weighted by molar-refractivity contribution is 0.0958. The third-order valence-corrected chi connectivity index (χ3v) is 6.08. The highest BCUT2D eigenvalue weighted by Gasteiger charge is 2.30. The van der Waals surface area contributed by atoms with Crippen LogP contribution in [0.1, 0.15) is 34.3 Å². The fourth-order valence-corrected chi connectivity index (χ4v) is 4.34. The van der Waals surface area contributed by atoms with Crippen LogP contribution in [0.4, 0.5) is 10.1 Å². The van der Waals surface area contributed by atoms with Gasteiger partial charge in [-0.15, -0.1) is 0 Å². The Hall–Kier alpha value is -3.18. The van der Waals surface area contributed by atoms with E-state index in [1.54, 1.807) is 19.2 Å². The van der Waals surface area contributed by atoms with Crippen LogP contribution in [-0.2, 0) is 6.54 Å². The van der Waals surface area contributed by atoms with Crippen molar-refractivity contribution >= 4 is 11.6 Å². The summed E-state index contributed by atoms with van der Waals surface area (Å²) in [6.07, 6.45) is 1.73. The maximum atomic E-state index is 13.6. The maximum absolute atomic E-state index is 13.6. The standard InChI is InChI=1S/C27H29FN2O2/c1-20-4-3-5-22(18-20)27(31)30(24-10-8-23(28)9-11-24)25-14-16-29(17-15-25)19-21-6-12-26(32-2)13-7-21/h3-13,18,25H,14-17,19H2,1-2H3. The SMILES string of the molecule is COc1ccc(CN2CCC(N(C(=O)c3cccc(C)c3)c3ccc(F)cc3)CC2)cc1. The highest BCUT2D eigenvalue weighted by Crippen LogP contribution is 2.27. The first-order valence-corrected chi connectivity index (χ1v) is 11.0. The number of nitrogens with zero attached hydrogens (tertiary/aromatic N) is 2. The van der Waals surface area contributed by atoms with Gasteiger partial charge in [-0.25, -0.2) is 4.39 Å². The van der Waals surface area contributed by atoms with Crippen LogP contribution >= 0.6 is 0 Å². The minimum Gasteiger partial charge on any atom is -0.497 e. The molecular formula is C27H29FN2O2. The topological polar surface area (TPSA) is 32.8 Å². The molecule has 5 heteroatoms. The summed E-state index contributed by atoms with van der Waals surface area (Å²) >= 11 is 0. The van der Waals surface area contributed by atoms with E-state index >= 15 is 0 Å². The molecule has 0 aromatic heterocycles. The normalized spacial score (nSPS) is 14.8. The van der Waals surface area contributed by atoms with Crippen LogP contribution in [0.2, 0.25) is 0 Å². The van der Waals surface area contributed by atoms with Gasteiger partial charge in [-0.05, 0) is 73.9 Å². The van der Waals surface area contributed by atoms with E-state index in [-0.39, 0.29) is 17.8 Å². The zero-order valence-corrected chi connectivity index (χ0v) is 18.6. The molecule has 0 aliphatic carbocycles. The summed E-state index contributed by atoms with van der Waals surface area (Å²) in [6.45, 7) is 4.65. The molecule has 1 amide bonds. The molecule has 1 saturated heterocycles. The summed E-state index contributed by atoms with van der Waals surface area (Å²) in [5.74, 6) is 0.525. The molecule has 3 aromatic rings. The van der Waals surface area contributed by atoms with Crippen LogP contribution in [0, 0.1) is 12.7 Å². The van der Waals surface area contributed by atoms with Gasteiger partial charge in [0.05, 0.1) is 7.11 Å². The number of benzene rings is 3. The van der Waals surface area contributed by atoms with E-state index in [9.17, 15) is 9.18 Å². The van der Waals surface area contributed by atoms with Gasteiger partial charge in [0.25, 0.3) is 5.91 Å². The molecule has 3 aromatic carbocycles. The Balaban J connectivity index is 1.49. The lowest BCUT2D eigenvalue weighted by Crippen LogP contribution is -2.47. The molecule has 1 heterocycles. The molecule has 4 rings (SSSR count). The highest BCUT2D eigenvalue weighted by atomic mass is 19.1. The number of hydrogen-bond acceptors (Lipinski definition) is 3. The van der Waals surface area contributed by atoms with E-state index in [0.717, 1.165) is 49.5 Å². The number of hydrogen-bond donors (Lipinski definition) is 0. The first-order valence-electron chi connectivity index (χ1n) is 11.0. The first-order chi connectivity index (χ1) is 15.5. The number of amides is 1. The third-order valence-electron chi connectivity index (χ3n) is 6.08. The zero-order valence-electron chi connectivity index (χ0n) is 18.6. The van der Waals surface area contributed by atoms with Crippen molar-refractivity contribution in [3.05, 3.63) is 95.3 Å². The van der Waals surface area contributed by atoms with Gasteiger partial charge >= 0.3 is 0 Å². The van der Waals surface area contributed by atoms with Crippen LogP contribution in [0.3, 0.4) is 0 Å². The summed E-state index contributed by atoms with van der Waals surface area (Å²) in [5.41, 5.74) is 3.70. The van der Waals surface area contributed by atoms with Crippen molar-refractivity contribution in [3.8, 4) is 5.75 Å². The number of carbonyl (C=O) groups excluding carboxylic acids is 1. The van der Waals surface area contributed by atoms with Gasteiger partial charge in [-0.1, -0.05) is 29.8 Å². The van der Waals surface area contributed by atoms with E-state index in [1.165, 1.54) is 17.7 Å². The molecule has 0 N–H and O–H groups in total. The predicted octanol–water partition coefficient (Wildman–Crippen LogP) is 5.45. The molecule has 1 fully saturated rings. The Morgan fingerprint density at radius 2 is 1.72 bits per heavy atom. The molecule has 0 saturated carbocycles. The average Bonchev–Trinajstić information content (AvgIpc) is 2.82. The van der Waals surface area contributed by atoms with Crippen molar-refractivity contribution in [2.24, 2.45) is 0 Å². The van der Waals surface area contributed by atoms with E-state index in [2.05, 4.69) is 17.0 Å². The van der Waals surface area contributed by atoms with Gasteiger partial charge in [-0.2, -0.15) is 0 Å². The number of piperidine rings is 1. The van der Waals surface area contributed by atoms with Crippen molar-refractivity contribution in [2.45, 2.75) is 32.4 Å². The summed E-state index contributed by atoms with van der Waals surface area (Å²) < 4.78 is 18.8. The number of likely N-dealkylation sites (tertiary alicyclic amines) is 1. The Labute approximate surface area is 189 Å². The lowest BCUT2D eigenvalue weighted by Gasteiger charge is -2.38. The van der Waals surface area contributed by atoms with Crippen LogP contribution in [0.25, 0.3) is 0 Å². The summed E-state index contributed by atoms with van der Waals surface area (Å²) in [4.78, 5) is 17.8. The van der Waals surface area contributed by atoms with E-state index in [4.69, 9.17) is 4.74 Å².